The van der Waals surface area contributed by atoms with Crippen molar-refractivity contribution in [3.8, 4) is 0 Å². The van der Waals surface area contributed by atoms with E-state index in [-0.39, 0.29) is 25.4 Å². The van der Waals surface area contributed by atoms with Crippen LogP contribution in [0.25, 0.3) is 0 Å². The van der Waals surface area contributed by atoms with Crippen molar-refractivity contribution in [2.45, 2.75) is 25.9 Å². The molecule has 0 heterocycles. The maximum atomic E-state index is 13.3. The van der Waals surface area contributed by atoms with Crippen LogP contribution in [0.1, 0.15) is 41.8 Å². The molecule has 0 radical (unpaired) electrons. The SMILES string of the molecule is CCOP(=O)(OCC)[C@@H](CC(=O)c1ccccc1)c1ccc(Cl)cc1. The number of halogens is 1. The van der Waals surface area contributed by atoms with E-state index >= 15 is 0 Å². The first-order valence-corrected chi connectivity index (χ1v) is 10.2. The largest absolute Gasteiger partial charge is 0.338 e. The average molecular weight is 381 g/mol. The third kappa shape index (κ3) is 5.26. The van der Waals surface area contributed by atoms with Crippen molar-refractivity contribution >= 4 is 25.0 Å². The second-order valence-corrected chi connectivity index (χ2v) is 8.09. The molecule has 0 aromatic heterocycles. The lowest BCUT2D eigenvalue weighted by Gasteiger charge is -2.26. The van der Waals surface area contributed by atoms with E-state index in [1.807, 2.05) is 6.07 Å². The van der Waals surface area contributed by atoms with Crippen LogP contribution in [0.3, 0.4) is 0 Å². The van der Waals surface area contributed by atoms with Crippen LogP contribution in [-0.2, 0) is 13.6 Å². The highest BCUT2D eigenvalue weighted by molar-refractivity contribution is 7.54. The van der Waals surface area contributed by atoms with Gasteiger partial charge in [0, 0.05) is 17.0 Å². The molecule has 0 aliphatic carbocycles. The molecule has 0 spiro atoms. The minimum Gasteiger partial charge on any atom is -0.308 e. The van der Waals surface area contributed by atoms with Crippen molar-refractivity contribution in [3.05, 3.63) is 70.7 Å². The van der Waals surface area contributed by atoms with Crippen LogP contribution in [0.4, 0.5) is 0 Å². The van der Waals surface area contributed by atoms with Gasteiger partial charge < -0.3 is 9.05 Å². The fraction of sp³-hybridized carbons (Fsp3) is 0.316. The van der Waals surface area contributed by atoms with Crippen LogP contribution in [0.2, 0.25) is 5.02 Å². The topological polar surface area (TPSA) is 52.6 Å². The van der Waals surface area contributed by atoms with Gasteiger partial charge in [-0.05, 0) is 31.5 Å². The minimum absolute atomic E-state index is 0.0307. The van der Waals surface area contributed by atoms with Crippen molar-refractivity contribution in [2.75, 3.05) is 13.2 Å². The second-order valence-electron chi connectivity index (χ2n) is 5.44. The molecule has 0 amide bonds. The Hall–Kier alpha value is -1.45. The molecule has 134 valence electrons. The lowest BCUT2D eigenvalue weighted by atomic mass is 10.0. The van der Waals surface area contributed by atoms with Crippen LogP contribution < -0.4 is 0 Å². The van der Waals surface area contributed by atoms with Gasteiger partial charge >= 0.3 is 7.60 Å². The summed E-state index contributed by atoms with van der Waals surface area (Å²) in [7, 11) is -3.50. The Morgan fingerprint density at radius 3 is 2.08 bits per heavy atom. The van der Waals surface area contributed by atoms with Crippen LogP contribution in [0.5, 0.6) is 0 Å². The van der Waals surface area contributed by atoms with Gasteiger partial charge in [0.25, 0.3) is 0 Å². The monoisotopic (exact) mass is 380 g/mol. The zero-order chi connectivity index (χ0) is 18.3. The Kier molecular flexibility index (Phi) is 7.39. The molecule has 2 aromatic rings. The van der Waals surface area contributed by atoms with Crippen molar-refractivity contribution in [2.24, 2.45) is 0 Å². The van der Waals surface area contributed by atoms with E-state index in [0.717, 1.165) is 0 Å². The summed E-state index contributed by atoms with van der Waals surface area (Å²) in [6, 6.07) is 15.9. The van der Waals surface area contributed by atoms with Gasteiger partial charge in [0.2, 0.25) is 0 Å². The Balaban J connectivity index is 2.39. The standard InChI is InChI=1S/C19H22ClO4P/c1-3-23-25(22,24-4-2)19(16-10-12-17(20)13-11-16)14-18(21)15-8-6-5-7-9-15/h5-13,19H,3-4,14H2,1-2H3/t19-/m0/s1. The van der Waals surface area contributed by atoms with Gasteiger partial charge in [0.05, 0.1) is 18.9 Å². The second kappa shape index (κ2) is 9.30. The Bertz CT molecular complexity index is 721. The molecule has 6 heteroatoms. The predicted molar refractivity (Wildman–Crippen MR) is 100 cm³/mol. The summed E-state index contributed by atoms with van der Waals surface area (Å²) in [6.07, 6.45) is 0.0307. The lowest BCUT2D eigenvalue weighted by molar-refractivity contribution is 0.0973. The number of carbonyl (C=O) groups excluding carboxylic acids is 1. The molecule has 0 saturated heterocycles. The Morgan fingerprint density at radius 2 is 1.56 bits per heavy atom. The smallest absolute Gasteiger partial charge is 0.308 e. The van der Waals surface area contributed by atoms with Crippen molar-refractivity contribution in [3.63, 3.8) is 0 Å². The predicted octanol–water partition coefficient (Wildman–Crippen LogP) is 5.92. The minimum atomic E-state index is -3.50. The van der Waals surface area contributed by atoms with Gasteiger partial charge in [-0.1, -0.05) is 54.1 Å². The molecule has 0 bridgehead atoms. The molecule has 0 aliphatic rings. The fourth-order valence-corrected chi connectivity index (χ4v) is 4.80. The lowest BCUT2D eigenvalue weighted by Crippen LogP contribution is -2.12. The first kappa shape index (κ1) is 19.9. The molecule has 0 saturated carbocycles. The maximum absolute atomic E-state index is 13.3. The van der Waals surface area contributed by atoms with Crippen LogP contribution in [0.15, 0.2) is 54.6 Å². The summed E-state index contributed by atoms with van der Waals surface area (Å²) in [5, 5.41) is 0.569. The zero-order valence-electron chi connectivity index (χ0n) is 14.4. The van der Waals surface area contributed by atoms with E-state index < -0.39 is 13.3 Å². The first-order valence-electron chi connectivity index (χ1n) is 8.22. The molecule has 1 atom stereocenters. The third-order valence-electron chi connectivity index (χ3n) is 3.73. The molecule has 25 heavy (non-hydrogen) atoms. The summed E-state index contributed by atoms with van der Waals surface area (Å²) in [5.74, 6) is -0.111. The molecular formula is C19H22ClO4P. The van der Waals surface area contributed by atoms with Gasteiger partial charge in [-0.2, -0.15) is 0 Å². The third-order valence-corrected chi connectivity index (χ3v) is 6.46. The van der Waals surface area contributed by atoms with Gasteiger partial charge in [0.15, 0.2) is 5.78 Å². The zero-order valence-corrected chi connectivity index (χ0v) is 16.0. The van der Waals surface area contributed by atoms with Crippen molar-refractivity contribution < 1.29 is 18.4 Å². The first-order chi connectivity index (χ1) is 12.0. The van der Waals surface area contributed by atoms with Crippen LogP contribution >= 0.6 is 19.2 Å². The molecule has 0 aliphatic heterocycles. The summed E-state index contributed by atoms with van der Waals surface area (Å²) < 4.78 is 24.3. The number of ketones is 1. The van der Waals surface area contributed by atoms with Gasteiger partial charge in [0.1, 0.15) is 0 Å². The van der Waals surface area contributed by atoms with E-state index in [9.17, 15) is 9.36 Å². The quantitative estimate of drug-likeness (QED) is 0.400. The van der Waals surface area contributed by atoms with Crippen LogP contribution in [-0.4, -0.2) is 19.0 Å². The normalized spacial score (nSPS) is 12.8. The van der Waals surface area contributed by atoms with Gasteiger partial charge in [-0.3, -0.25) is 9.36 Å². The maximum Gasteiger partial charge on any atom is 0.338 e. The van der Waals surface area contributed by atoms with Crippen molar-refractivity contribution in [1.82, 2.24) is 0 Å². The summed E-state index contributed by atoms with van der Waals surface area (Å²) in [4.78, 5) is 12.7. The number of hydrogen-bond donors (Lipinski definition) is 0. The molecule has 2 rings (SSSR count). The molecule has 0 unspecified atom stereocenters. The highest BCUT2D eigenvalue weighted by atomic mass is 35.5. The molecule has 4 nitrogen and oxygen atoms in total. The van der Waals surface area contributed by atoms with E-state index in [1.54, 1.807) is 62.4 Å². The van der Waals surface area contributed by atoms with Crippen molar-refractivity contribution in [1.29, 1.82) is 0 Å². The molecule has 0 N–H and O–H groups in total. The van der Waals surface area contributed by atoms with E-state index in [4.69, 9.17) is 20.6 Å². The molecular weight excluding hydrogens is 359 g/mol. The summed E-state index contributed by atoms with van der Waals surface area (Å²) >= 11 is 5.96. The number of hydrogen-bond acceptors (Lipinski definition) is 4. The Labute approximate surface area is 153 Å². The summed E-state index contributed by atoms with van der Waals surface area (Å²) in [5.41, 5.74) is 0.595. The van der Waals surface area contributed by atoms with Crippen LogP contribution in [0, 0.1) is 0 Å². The summed E-state index contributed by atoms with van der Waals surface area (Å²) in [6.45, 7) is 3.98. The van der Waals surface area contributed by atoms with Gasteiger partial charge in [-0.25, -0.2) is 0 Å². The molecule has 0 fully saturated rings. The Morgan fingerprint density at radius 1 is 1.00 bits per heavy atom. The number of Topliss-reactive ketones (excluding diaryl/α,β-unsaturated/α-hetero) is 1. The average Bonchev–Trinajstić information content (AvgIpc) is 2.61. The van der Waals surface area contributed by atoms with E-state index in [1.165, 1.54) is 0 Å². The molecule has 2 aromatic carbocycles. The highest BCUT2D eigenvalue weighted by Gasteiger charge is 2.38. The van der Waals surface area contributed by atoms with Gasteiger partial charge in [-0.15, -0.1) is 0 Å². The fourth-order valence-electron chi connectivity index (χ4n) is 2.59. The number of rotatable bonds is 9. The van der Waals surface area contributed by atoms with E-state index in [0.29, 0.717) is 16.1 Å². The van der Waals surface area contributed by atoms with E-state index in [2.05, 4.69) is 0 Å². The number of benzene rings is 2. The highest BCUT2D eigenvalue weighted by Crippen LogP contribution is 2.62. The number of carbonyl (C=O) groups is 1.